The minimum Gasteiger partial charge on any atom is -0.366 e. The third kappa shape index (κ3) is 2.55. The number of nitrogens with one attached hydrogen (secondary N) is 1. The van der Waals surface area contributed by atoms with Crippen molar-refractivity contribution in [2.45, 2.75) is 12.3 Å². The molecule has 0 amide bonds. The van der Waals surface area contributed by atoms with Crippen LogP contribution in [0.25, 0.3) is 10.9 Å². The van der Waals surface area contributed by atoms with E-state index >= 15 is 0 Å². The Bertz CT molecular complexity index is 862. The van der Waals surface area contributed by atoms with Gasteiger partial charge in [-0.3, -0.25) is 0 Å². The summed E-state index contributed by atoms with van der Waals surface area (Å²) >= 11 is 7.02. The minimum absolute atomic E-state index is 0.558. The van der Waals surface area contributed by atoms with Crippen LogP contribution in [0.4, 0.5) is 0 Å². The third-order valence-corrected chi connectivity index (χ3v) is 5.85. The maximum Gasteiger partial charge on any atom is 0.175 e. The number of hydrogen-bond acceptors (Lipinski definition) is 3. The fourth-order valence-corrected chi connectivity index (χ4v) is 4.40. The quantitative estimate of drug-likeness (QED) is 0.711. The number of thioether (sulfide) groups is 1. The van der Waals surface area contributed by atoms with Crippen LogP contribution in [-0.4, -0.2) is 25.1 Å². The van der Waals surface area contributed by atoms with Gasteiger partial charge >= 0.3 is 0 Å². The molecule has 3 aromatic rings. The minimum atomic E-state index is -1.05. The molecule has 2 aromatic carbocycles. The van der Waals surface area contributed by atoms with Crippen LogP contribution in [0.15, 0.2) is 60.8 Å². The molecular formula is C18H16N2OS2. The van der Waals surface area contributed by atoms with Gasteiger partial charge in [0.15, 0.2) is 5.72 Å². The Labute approximate surface area is 144 Å². The van der Waals surface area contributed by atoms with Crippen LogP contribution >= 0.6 is 24.0 Å². The van der Waals surface area contributed by atoms with E-state index in [0.29, 0.717) is 12.3 Å². The molecule has 1 aliphatic rings. The zero-order valence-corrected chi connectivity index (χ0v) is 14.0. The smallest absolute Gasteiger partial charge is 0.175 e. The van der Waals surface area contributed by atoms with Gasteiger partial charge in [0.2, 0.25) is 0 Å². The largest absolute Gasteiger partial charge is 0.366 e. The van der Waals surface area contributed by atoms with E-state index in [1.54, 1.807) is 0 Å². The summed E-state index contributed by atoms with van der Waals surface area (Å²) < 4.78 is 0.741. The second-order valence-electron chi connectivity index (χ2n) is 5.72. The van der Waals surface area contributed by atoms with Gasteiger partial charge in [0.05, 0.1) is 5.75 Å². The Morgan fingerprint density at radius 1 is 1.17 bits per heavy atom. The van der Waals surface area contributed by atoms with Crippen molar-refractivity contribution in [1.29, 1.82) is 0 Å². The zero-order valence-electron chi connectivity index (χ0n) is 12.4. The van der Waals surface area contributed by atoms with E-state index < -0.39 is 5.72 Å². The molecule has 1 fully saturated rings. The summed E-state index contributed by atoms with van der Waals surface area (Å²) in [6, 6.07) is 18.1. The first-order chi connectivity index (χ1) is 11.2. The molecule has 1 aromatic heterocycles. The number of thiocarbonyl (C=S) groups is 1. The van der Waals surface area contributed by atoms with Crippen molar-refractivity contribution >= 4 is 39.2 Å². The van der Waals surface area contributed by atoms with Crippen molar-refractivity contribution in [3.63, 3.8) is 0 Å². The van der Waals surface area contributed by atoms with Crippen molar-refractivity contribution in [3.05, 3.63) is 71.9 Å². The molecule has 1 atom stereocenters. The summed E-state index contributed by atoms with van der Waals surface area (Å²) in [7, 11) is 0. The molecule has 0 bridgehead atoms. The van der Waals surface area contributed by atoms with E-state index in [0.717, 1.165) is 21.0 Å². The molecule has 2 heterocycles. The van der Waals surface area contributed by atoms with E-state index in [9.17, 15) is 5.11 Å². The van der Waals surface area contributed by atoms with Gasteiger partial charge in [0.1, 0.15) is 4.32 Å². The van der Waals surface area contributed by atoms with E-state index in [-0.39, 0.29) is 0 Å². The highest BCUT2D eigenvalue weighted by atomic mass is 32.2. The summed E-state index contributed by atoms with van der Waals surface area (Å²) in [6.07, 6.45) is 1.94. The number of H-pyrrole nitrogens is 1. The first kappa shape index (κ1) is 14.8. The van der Waals surface area contributed by atoms with Crippen molar-refractivity contribution in [3.8, 4) is 0 Å². The topological polar surface area (TPSA) is 39.3 Å². The van der Waals surface area contributed by atoms with E-state index in [1.807, 2.05) is 41.4 Å². The molecule has 4 rings (SSSR count). The molecular weight excluding hydrogens is 324 g/mol. The highest BCUT2D eigenvalue weighted by Gasteiger charge is 2.43. The molecule has 0 spiro atoms. The molecule has 3 nitrogen and oxygen atoms in total. The molecule has 5 heteroatoms. The third-order valence-electron chi connectivity index (χ3n) is 4.26. The number of hydrogen-bond donors (Lipinski definition) is 2. The first-order valence-electron chi connectivity index (χ1n) is 7.45. The summed E-state index contributed by atoms with van der Waals surface area (Å²) in [4.78, 5) is 5.13. The lowest BCUT2D eigenvalue weighted by Crippen LogP contribution is -2.43. The number of aromatic nitrogens is 1. The van der Waals surface area contributed by atoms with Crippen LogP contribution < -0.4 is 0 Å². The Hall–Kier alpha value is -1.82. The molecule has 116 valence electrons. The van der Waals surface area contributed by atoms with Crippen LogP contribution in [0, 0.1) is 0 Å². The molecule has 23 heavy (non-hydrogen) atoms. The fraction of sp³-hybridized carbons (Fsp3) is 0.167. The van der Waals surface area contributed by atoms with Gasteiger partial charge in [-0.05, 0) is 29.1 Å². The molecule has 1 aliphatic heterocycles. The maximum atomic E-state index is 11.2. The van der Waals surface area contributed by atoms with Gasteiger partial charge < -0.3 is 15.0 Å². The summed E-state index contributed by atoms with van der Waals surface area (Å²) in [5.74, 6) is 0.558. The van der Waals surface area contributed by atoms with Crippen LogP contribution in [-0.2, 0) is 12.3 Å². The number of fused-ring (bicyclic) bond motifs is 1. The molecule has 1 saturated heterocycles. The van der Waals surface area contributed by atoms with Gasteiger partial charge in [0, 0.05) is 23.8 Å². The standard InChI is InChI=1S/C18H16N2OS2/c21-18(15-4-2-1-3-5-15)12-23-17(22)20(18)11-13-6-7-16-14(10-13)8-9-19-16/h1-10,19,21H,11-12H2. The molecule has 2 N–H and O–H groups in total. The lowest BCUT2D eigenvalue weighted by molar-refractivity contribution is -0.0508. The Morgan fingerprint density at radius 3 is 2.83 bits per heavy atom. The number of aliphatic hydroxyl groups is 1. The van der Waals surface area contributed by atoms with Crippen molar-refractivity contribution < 1.29 is 5.11 Å². The first-order valence-corrected chi connectivity index (χ1v) is 8.84. The highest BCUT2D eigenvalue weighted by molar-refractivity contribution is 8.23. The van der Waals surface area contributed by atoms with E-state index in [4.69, 9.17) is 12.2 Å². The van der Waals surface area contributed by atoms with Crippen LogP contribution in [0.5, 0.6) is 0 Å². The van der Waals surface area contributed by atoms with E-state index in [1.165, 1.54) is 17.1 Å². The SMILES string of the molecule is OC1(c2ccccc2)CSC(=S)N1Cc1ccc2[nH]ccc2c1. The molecule has 0 radical (unpaired) electrons. The van der Waals surface area contributed by atoms with Crippen molar-refractivity contribution in [2.75, 3.05) is 5.75 Å². The average molecular weight is 340 g/mol. The number of aromatic amines is 1. The summed E-state index contributed by atoms with van der Waals surface area (Å²) in [5, 5.41) is 12.4. The van der Waals surface area contributed by atoms with Crippen molar-refractivity contribution in [1.82, 2.24) is 9.88 Å². The Morgan fingerprint density at radius 2 is 2.00 bits per heavy atom. The van der Waals surface area contributed by atoms with Crippen LogP contribution in [0.2, 0.25) is 0 Å². The Kier molecular flexibility index (Phi) is 3.64. The highest BCUT2D eigenvalue weighted by Crippen LogP contribution is 2.40. The number of nitrogens with zero attached hydrogens (tertiary/aromatic N) is 1. The molecule has 0 saturated carbocycles. The monoisotopic (exact) mass is 340 g/mol. The fourth-order valence-electron chi connectivity index (χ4n) is 2.99. The zero-order chi connectivity index (χ0) is 15.9. The van der Waals surface area contributed by atoms with Gasteiger partial charge in [-0.2, -0.15) is 0 Å². The summed E-state index contributed by atoms with van der Waals surface area (Å²) in [5.41, 5.74) is 2.09. The van der Waals surface area contributed by atoms with E-state index in [2.05, 4.69) is 29.2 Å². The van der Waals surface area contributed by atoms with Gasteiger partial charge in [-0.15, -0.1) is 0 Å². The second kappa shape index (κ2) is 5.67. The second-order valence-corrected chi connectivity index (χ2v) is 7.33. The summed E-state index contributed by atoms with van der Waals surface area (Å²) in [6.45, 7) is 0.596. The average Bonchev–Trinajstić information content (AvgIpc) is 3.16. The molecule has 0 aliphatic carbocycles. The van der Waals surface area contributed by atoms with Gasteiger partial charge in [-0.25, -0.2) is 0 Å². The lowest BCUT2D eigenvalue weighted by atomic mass is 10.0. The van der Waals surface area contributed by atoms with Gasteiger partial charge in [-0.1, -0.05) is 60.4 Å². The Balaban J connectivity index is 1.69. The predicted octanol–water partition coefficient (Wildman–Crippen LogP) is 3.85. The lowest BCUT2D eigenvalue weighted by Gasteiger charge is -2.34. The van der Waals surface area contributed by atoms with Crippen molar-refractivity contribution in [2.24, 2.45) is 0 Å². The molecule has 1 unspecified atom stereocenters. The number of rotatable bonds is 3. The predicted molar refractivity (Wildman–Crippen MR) is 99.2 cm³/mol. The number of benzene rings is 2. The maximum absolute atomic E-state index is 11.2. The van der Waals surface area contributed by atoms with Crippen LogP contribution in [0.1, 0.15) is 11.1 Å². The van der Waals surface area contributed by atoms with Gasteiger partial charge in [0.25, 0.3) is 0 Å². The van der Waals surface area contributed by atoms with Crippen LogP contribution in [0.3, 0.4) is 0 Å². The normalized spacial score (nSPS) is 21.3.